The van der Waals surface area contributed by atoms with Crippen molar-refractivity contribution in [1.82, 2.24) is 14.7 Å². The minimum absolute atomic E-state index is 0.0534. The summed E-state index contributed by atoms with van der Waals surface area (Å²) in [7, 11) is 1.78. The van der Waals surface area contributed by atoms with Gasteiger partial charge in [-0.1, -0.05) is 12.1 Å². The average molecular weight is 377 g/mol. The first kappa shape index (κ1) is 18.1. The molecule has 0 saturated carbocycles. The zero-order valence-electron chi connectivity index (χ0n) is 16.3. The molecular weight excluding hydrogens is 354 g/mol. The third-order valence-electron chi connectivity index (χ3n) is 4.76. The number of carbonyl (C=O) groups is 1. The Morgan fingerprint density at radius 3 is 2.54 bits per heavy atom. The van der Waals surface area contributed by atoms with Gasteiger partial charge in [-0.15, -0.1) is 0 Å². The van der Waals surface area contributed by atoms with Crippen LogP contribution >= 0.6 is 0 Å². The predicted molar refractivity (Wildman–Crippen MR) is 106 cm³/mol. The summed E-state index contributed by atoms with van der Waals surface area (Å²) < 4.78 is 13.6. The molecule has 1 aromatic heterocycles. The maximum absolute atomic E-state index is 12.8. The first-order valence-corrected chi connectivity index (χ1v) is 9.29. The Labute approximate surface area is 164 Å². The van der Waals surface area contributed by atoms with Gasteiger partial charge in [0.25, 0.3) is 5.91 Å². The maximum atomic E-state index is 12.8. The number of hydrogen-bond acceptors (Lipinski definition) is 4. The summed E-state index contributed by atoms with van der Waals surface area (Å²) in [5, 5.41) is 4.48. The highest BCUT2D eigenvalue weighted by atomic mass is 16.6. The fourth-order valence-electron chi connectivity index (χ4n) is 3.40. The molecule has 6 nitrogen and oxygen atoms in total. The number of hydrogen-bond donors (Lipinski definition) is 0. The topological polar surface area (TPSA) is 56.6 Å². The molecule has 1 unspecified atom stereocenters. The number of likely N-dealkylation sites (N-methyl/N-ethyl adjacent to an activating group) is 1. The largest absolute Gasteiger partial charge is 0.486 e. The number of ether oxygens (including phenoxy) is 2. The van der Waals surface area contributed by atoms with E-state index in [0.29, 0.717) is 24.5 Å². The lowest BCUT2D eigenvalue weighted by atomic mass is 10.1. The molecule has 0 saturated heterocycles. The lowest BCUT2D eigenvalue weighted by molar-refractivity contribution is 0.0521. The van der Waals surface area contributed by atoms with E-state index in [0.717, 1.165) is 22.8 Å². The van der Waals surface area contributed by atoms with E-state index in [1.54, 1.807) is 11.9 Å². The number of benzene rings is 2. The molecule has 4 rings (SSSR count). The Morgan fingerprint density at radius 2 is 1.86 bits per heavy atom. The van der Waals surface area contributed by atoms with Crippen LogP contribution < -0.4 is 9.47 Å². The van der Waals surface area contributed by atoms with Gasteiger partial charge in [0.15, 0.2) is 17.6 Å². The summed E-state index contributed by atoms with van der Waals surface area (Å²) >= 11 is 0. The normalized spacial score (nSPS) is 15.3. The summed E-state index contributed by atoms with van der Waals surface area (Å²) in [6, 6.07) is 17.1. The predicted octanol–water partition coefficient (Wildman–Crippen LogP) is 3.40. The molecule has 6 heteroatoms. The van der Waals surface area contributed by atoms with Gasteiger partial charge in [-0.25, -0.2) is 4.68 Å². The number of nitrogens with zero attached hydrogens (tertiary/aromatic N) is 3. The molecule has 1 amide bonds. The van der Waals surface area contributed by atoms with Crippen molar-refractivity contribution in [2.24, 2.45) is 0 Å². The first-order chi connectivity index (χ1) is 13.5. The molecular formula is C22H23N3O3. The molecule has 28 heavy (non-hydrogen) atoms. The van der Waals surface area contributed by atoms with Gasteiger partial charge >= 0.3 is 0 Å². The van der Waals surface area contributed by atoms with Crippen molar-refractivity contribution in [3.8, 4) is 17.2 Å². The lowest BCUT2D eigenvalue weighted by Crippen LogP contribution is -2.41. The minimum atomic E-state index is -0.196. The molecule has 0 spiro atoms. The van der Waals surface area contributed by atoms with Crippen LogP contribution in [0.3, 0.4) is 0 Å². The van der Waals surface area contributed by atoms with Crippen LogP contribution in [0.4, 0.5) is 0 Å². The molecule has 144 valence electrons. The molecule has 0 aliphatic carbocycles. The van der Waals surface area contributed by atoms with Crippen LogP contribution in [0.15, 0.2) is 54.6 Å². The Kier molecular flexibility index (Phi) is 4.77. The van der Waals surface area contributed by atoms with Gasteiger partial charge in [-0.05, 0) is 56.3 Å². The summed E-state index contributed by atoms with van der Waals surface area (Å²) in [6.07, 6.45) is -0.196. The Bertz CT molecular complexity index is 995. The van der Waals surface area contributed by atoms with E-state index in [4.69, 9.17) is 9.47 Å². The number of para-hydroxylation sites is 2. The molecule has 1 aliphatic heterocycles. The summed E-state index contributed by atoms with van der Waals surface area (Å²) in [5.41, 5.74) is 3.59. The molecule has 2 heterocycles. The van der Waals surface area contributed by atoms with Crippen molar-refractivity contribution in [3.05, 3.63) is 71.5 Å². The van der Waals surface area contributed by atoms with Crippen LogP contribution in [0.1, 0.15) is 21.7 Å². The van der Waals surface area contributed by atoms with Crippen molar-refractivity contribution < 1.29 is 14.3 Å². The first-order valence-electron chi connectivity index (χ1n) is 9.29. The summed E-state index contributed by atoms with van der Waals surface area (Å²) in [4.78, 5) is 14.5. The van der Waals surface area contributed by atoms with E-state index in [-0.39, 0.29) is 12.0 Å². The van der Waals surface area contributed by atoms with E-state index in [1.165, 1.54) is 0 Å². The Balaban J connectivity index is 1.42. The fraction of sp³-hybridized carbons (Fsp3) is 0.273. The van der Waals surface area contributed by atoms with Crippen molar-refractivity contribution in [2.45, 2.75) is 20.0 Å². The van der Waals surface area contributed by atoms with E-state index >= 15 is 0 Å². The average Bonchev–Trinajstić information content (AvgIpc) is 3.05. The highest BCUT2D eigenvalue weighted by Gasteiger charge is 2.24. The van der Waals surface area contributed by atoms with Crippen LogP contribution in [0, 0.1) is 13.8 Å². The molecule has 1 aliphatic rings. The van der Waals surface area contributed by atoms with Gasteiger partial charge in [0, 0.05) is 18.3 Å². The molecule has 0 fully saturated rings. The number of fused-ring (bicyclic) bond motifs is 1. The number of rotatable bonds is 4. The number of aromatic nitrogens is 2. The van der Waals surface area contributed by atoms with E-state index in [2.05, 4.69) is 5.10 Å². The SMILES string of the molecule is Cc1cc(C)n(-c2ccc(C(=O)N(C)CC3COc4ccccc4O3)cc2)n1. The molecule has 0 bridgehead atoms. The van der Waals surface area contributed by atoms with E-state index in [9.17, 15) is 4.79 Å². The van der Waals surface area contributed by atoms with E-state index < -0.39 is 0 Å². The molecule has 0 radical (unpaired) electrons. The van der Waals surface area contributed by atoms with Gasteiger partial charge in [-0.2, -0.15) is 5.10 Å². The highest BCUT2D eigenvalue weighted by molar-refractivity contribution is 5.94. The van der Waals surface area contributed by atoms with E-state index in [1.807, 2.05) is 73.1 Å². The lowest BCUT2D eigenvalue weighted by Gasteiger charge is -2.29. The van der Waals surface area contributed by atoms with Gasteiger partial charge in [0.2, 0.25) is 0 Å². The summed E-state index contributed by atoms with van der Waals surface area (Å²) in [6.45, 7) is 4.85. The van der Waals surface area contributed by atoms with Crippen LogP contribution in [-0.4, -0.2) is 46.9 Å². The third kappa shape index (κ3) is 3.58. The van der Waals surface area contributed by atoms with Gasteiger partial charge < -0.3 is 14.4 Å². The zero-order valence-corrected chi connectivity index (χ0v) is 16.3. The maximum Gasteiger partial charge on any atom is 0.253 e. The third-order valence-corrected chi connectivity index (χ3v) is 4.76. The van der Waals surface area contributed by atoms with Crippen LogP contribution in [0.2, 0.25) is 0 Å². The number of aryl methyl sites for hydroxylation is 2. The quantitative estimate of drug-likeness (QED) is 0.699. The minimum Gasteiger partial charge on any atom is -0.486 e. The molecule has 2 aromatic carbocycles. The monoisotopic (exact) mass is 377 g/mol. The van der Waals surface area contributed by atoms with Crippen molar-refractivity contribution in [3.63, 3.8) is 0 Å². The van der Waals surface area contributed by atoms with Gasteiger partial charge in [0.05, 0.1) is 17.9 Å². The van der Waals surface area contributed by atoms with Crippen molar-refractivity contribution in [1.29, 1.82) is 0 Å². The number of carbonyl (C=O) groups excluding carboxylic acids is 1. The second kappa shape index (κ2) is 7.38. The highest BCUT2D eigenvalue weighted by Crippen LogP contribution is 2.31. The Morgan fingerprint density at radius 1 is 1.14 bits per heavy atom. The van der Waals surface area contributed by atoms with Crippen LogP contribution in [0.5, 0.6) is 11.5 Å². The smallest absolute Gasteiger partial charge is 0.253 e. The molecule has 0 N–H and O–H groups in total. The van der Waals surface area contributed by atoms with Crippen LogP contribution in [0.25, 0.3) is 5.69 Å². The molecule has 1 atom stereocenters. The van der Waals surface area contributed by atoms with Gasteiger partial charge in [0.1, 0.15) is 6.61 Å². The van der Waals surface area contributed by atoms with Crippen molar-refractivity contribution >= 4 is 5.91 Å². The Hall–Kier alpha value is -3.28. The summed E-state index contributed by atoms with van der Waals surface area (Å²) in [5.74, 6) is 1.41. The van der Waals surface area contributed by atoms with Gasteiger partial charge in [-0.3, -0.25) is 4.79 Å². The number of amides is 1. The zero-order chi connectivity index (χ0) is 19.7. The molecule has 3 aromatic rings. The second-order valence-corrected chi connectivity index (χ2v) is 7.07. The van der Waals surface area contributed by atoms with Crippen LogP contribution in [-0.2, 0) is 0 Å². The van der Waals surface area contributed by atoms with Crippen molar-refractivity contribution in [2.75, 3.05) is 20.2 Å². The fourth-order valence-corrected chi connectivity index (χ4v) is 3.40. The standard InChI is InChI=1S/C22H23N3O3/c1-15-12-16(2)25(23-15)18-10-8-17(9-11-18)22(26)24(3)13-19-14-27-20-6-4-5-7-21(20)28-19/h4-12,19H,13-14H2,1-3H3. The second-order valence-electron chi connectivity index (χ2n) is 7.07.